The molecule has 2 rings (SSSR count). The molecule has 2 N–H and O–H groups in total. The van der Waals surface area contributed by atoms with Crippen molar-refractivity contribution < 1.29 is 0 Å². The summed E-state index contributed by atoms with van der Waals surface area (Å²) in [5.41, 5.74) is 7.47. The van der Waals surface area contributed by atoms with Gasteiger partial charge in [0.05, 0.1) is 5.52 Å². The zero-order valence-electron chi connectivity index (χ0n) is 7.07. The van der Waals surface area contributed by atoms with Crippen molar-refractivity contribution in [2.24, 2.45) is 7.05 Å². The van der Waals surface area contributed by atoms with Crippen LogP contribution in [0, 0.1) is 6.92 Å². The molecule has 2 aromatic rings. The number of nitrogens with two attached hydrogens (primary N) is 1. The number of aryl methyl sites for hydroxylation is 2. The summed E-state index contributed by atoms with van der Waals surface area (Å²) in [6, 6.07) is 1.91. The van der Waals surface area contributed by atoms with Crippen LogP contribution in [0.25, 0.3) is 11.0 Å². The maximum atomic E-state index is 5.65. The van der Waals surface area contributed by atoms with Gasteiger partial charge in [0, 0.05) is 13.2 Å². The van der Waals surface area contributed by atoms with E-state index in [0.29, 0.717) is 5.82 Å². The van der Waals surface area contributed by atoms with E-state index in [1.165, 1.54) is 0 Å². The summed E-state index contributed by atoms with van der Waals surface area (Å²) in [5, 5.41) is 0. The van der Waals surface area contributed by atoms with Gasteiger partial charge in [0.15, 0.2) is 5.82 Å². The van der Waals surface area contributed by atoms with Crippen molar-refractivity contribution in [3.05, 3.63) is 18.1 Å². The van der Waals surface area contributed by atoms with Crippen LogP contribution < -0.4 is 5.73 Å². The van der Waals surface area contributed by atoms with Gasteiger partial charge in [-0.2, -0.15) is 0 Å². The molecular weight excluding hydrogens is 152 g/mol. The summed E-state index contributed by atoms with van der Waals surface area (Å²) >= 11 is 0. The summed E-state index contributed by atoms with van der Waals surface area (Å²) in [6.45, 7) is 1.94. The van der Waals surface area contributed by atoms with Crippen molar-refractivity contribution in [3.63, 3.8) is 0 Å². The monoisotopic (exact) mass is 162 g/mol. The smallest absolute Gasteiger partial charge is 0.151 e. The van der Waals surface area contributed by atoms with Crippen LogP contribution in [0.2, 0.25) is 0 Å². The van der Waals surface area contributed by atoms with E-state index in [-0.39, 0.29) is 0 Å². The van der Waals surface area contributed by atoms with Crippen LogP contribution >= 0.6 is 0 Å². The number of nitrogen functional groups attached to an aromatic ring is 1. The summed E-state index contributed by atoms with van der Waals surface area (Å²) in [7, 11) is 1.96. The van der Waals surface area contributed by atoms with Crippen molar-refractivity contribution in [2.75, 3.05) is 5.73 Å². The largest absolute Gasteiger partial charge is 0.382 e. The van der Waals surface area contributed by atoms with Gasteiger partial charge in [-0.1, -0.05) is 0 Å². The molecular formula is C8H10N4. The summed E-state index contributed by atoms with van der Waals surface area (Å²) in [6.07, 6.45) is 1.69. The lowest BCUT2D eigenvalue weighted by molar-refractivity contribution is 0.886. The number of fused-ring (bicyclic) bond motifs is 1. The predicted molar refractivity (Wildman–Crippen MR) is 47.7 cm³/mol. The fourth-order valence-electron chi connectivity index (χ4n) is 1.26. The molecule has 0 saturated heterocycles. The number of hydrogen-bond acceptors (Lipinski definition) is 3. The van der Waals surface area contributed by atoms with Gasteiger partial charge in [0.25, 0.3) is 0 Å². The van der Waals surface area contributed by atoms with Gasteiger partial charge in [-0.15, -0.1) is 0 Å². The molecule has 0 saturated carbocycles. The van der Waals surface area contributed by atoms with E-state index in [1.54, 1.807) is 6.20 Å². The maximum absolute atomic E-state index is 5.65. The molecule has 0 aromatic carbocycles. The second-order valence-electron chi connectivity index (χ2n) is 2.78. The molecule has 4 nitrogen and oxygen atoms in total. The van der Waals surface area contributed by atoms with E-state index in [9.17, 15) is 0 Å². The standard InChI is InChI=1S/C8H10N4/c1-5-11-7-6(12(5)2)3-4-10-8(7)9/h3-4H,1-2H3,(H2,9,10). The number of hydrogen-bond donors (Lipinski definition) is 1. The van der Waals surface area contributed by atoms with Crippen molar-refractivity contribution in [1.82, 2.24) is 14.5 Å². The Morgan fingerprint density at radius 3 is 2.92 bits per heavy atom. The van der Waals surface area contributed by atoms with E-state index in [2.05, 4.69) is 9.97 Å². The molecule has 0 bridgehead atoms. The fraction of sp³-hybridized carbons (Fsp3) is 0.250. The van der Waals surface area contributed by atoms with E-state index < -0.39 is 0 Å². The molecule has 0 aliphatic carbocycles. The molecule has 0 aliphatic rings. The number of rotatable bonds is 0. The van der Waals surface area contributed by atoms with Crippen LogP contribution in [0.3, 0.4) is 0 Å². The van der Waals surface area contributed by atoms with E-state index in [0.717, 1.165) is 16.9 Å². The van der Waals surface area contributed by atoms with Gasteiger partial charge < -0.3 is 10.3 Å². The fourth-order valence-corrected chi connectivity index (χ4v) is 1.26. The second kappa shape index (κ2) is 2.20. The minimum Gasteiger partial charge on any atom is -0.382 e. The van der Waals surface area contributed by atoms with Crippen molar-refractivity contribution in [2.45, 2.75) is 6.92 Å². The zero-order chi connectivity index (χ0) is 8.72. The van der Waals surface area contributed by atoms with Crippen LogP contribution in [-0.2, 0) is 7.05 Å². The summed E-state index contributed by atoms with van der Waals surface area (Å²) in [4.78, 5) is 8.25. The third-order valence-electron chi connectivity index (χ3n) is 2.05. The molecule has 0 amide bonds. The molecule has 12 heavy (non-hydrogen) atoms. The molecule has 0 spiro atoms. The Bertz CT molecular complexity index is 430. The number of imidazole rings is 1. The lowest BCUT2D eigenvalue weighted by Gasteiger charge is -1.95. The molecule has 2 aromatic heterocycles. The first-order valence-corrected chi connectivity index (χ1v) is 3.73. The first-order valence-electron chi connectivity index (χ1n) is 3.73. The summed E-state index contributed by atoms with van der Waals surface area (Å²) < 4.78 is 1.99. The quantitative estimate of drug-likeness (QED) is 0.625. The van der Waals surface area contributed by atoms with Gasteiger partial charge >= 0.3 is 0 Å². The zero-order valence-corrected chi connectivity index (χ0v) is 7.07. The van der Waals surface area contributed by atoms with Crippen LogP contribution in [0.15, 0.2) is 12.3 Å². The van der Waals surface area contributed by atoms with Gasteiger partial charge in [0.1, 0.15) is 11.3 Å². The van der Waals surface area contributed by atoms with E-state index in [1.807, 2.05) is 24.6 Å². The molecule has 0 aliphatic heterocycles. The van der Waals surface area contributed by atoms with Crippen molar-refractivity contribution in [3.8, 4) is 0 Å². The minimum atomic E-state index is 0.496. The first kappa shape index (κ1) is 7.09. The molecule has 2 heterocycles. The average Bonchev–Trinajstić information content (AvgIpc) is 2.32. The van der Waals surface area contributed by atoms with Crippen molar-refractivity contribution in [1.29, 1.82) is 0 Å². The highest BCUT2D eigenvalue weighted by molar-refractivity contribution is 5.84. The number of aromatic nitrogens is 3. The Hall–Kier alpha value is -1.58. The number of pyridine rings is 1. The third kappa shape index (κ3) is 0.777. The van der Waals surface area contributed by atoms with E-state index in [4.69, 9.17) is 5.73 Å². The molecule has 0 fully saturated rings. The molecule has 0 atom stereocenters. The Labute approximate surface area is 70.0 Å². The molecule has 0 unspecified atom stereocenters. The SMILES string of the molecule is Cc1nc2c(N)nccc2n1C. The normalized spacial score (nSPS) is 10.8. The van der Waals surface area contributed by atoms with Crippen LogP contribution in [0.1, 0.15) is 5.82 Å². The van der Waals surface area contributed by atoms with Gasteiger partial charge in [-0.25, -0.2) is 9.97 Å². The topological polar surface area (TPSA) is 56.7 Å². The lowest BCUT2D eigenvalue weighted by atomic mass is 10.4. The van der Waals surface area contributed by atoms with Crippen LogP contribution in [-0.4, -0.2) is 14.5 Å². The van der Waals surface area contributed by atoms with Gasteiger partial charge in [-0.3, -0.25) is 0 Å². The maximum Gasteiger partial charge on any atom is 0.151 e. The Morgan fingerprint density at radius 2 is 2.25 bits per heavy atom. The van der Waals surface area contributed by atoms with Crippen molar-refractivity contribution >= 4 is 16.9 Å². The van der Waals surface area contributed by atoms with Crippen LogP contribution in [0.5, 0.6) is 0 Å². The van der Waals surface area contributed by atoms with Crippen LogP contribution in [0.4, 0.5) is 5.82 Å². The molecule has 4 heteroatoms. The summed E-state index contributed by atoms with van der Waals surface area (Å²) in [5.74, 6) is 1.45. The predicted octanol–water partition coefficient (Wildman–Crippen LogP) is 0.859. The number of anilines is 1. The first-order chi connectivity index (χ1) is 5.70. The number of nitrogens with zero attached hydrogens (tertiary/aromatic N) is 3. The van der Waals surface area contributed by atoms with Gasteiger partial charge in [0.2, 0.25) is 0 Å². The Morgan fingerprint density at radius 1 is 1.50 bits per heavy atom. The molecule has 62 valence electrons. The lowest BCUT2D eigenvalue weighted by Crippen LogP contribution is -1.92. The second-order valence-corrected chi connectivity index (χ2v) is 2.78. The highest BCUT2D eigenvalue weighted by Crippen LogP contribution is 2.17. The Balaban J connectivity index is 2.95. The Kier molecular flexibility index (Phi) is 1.30. The molecule has 0 radical (unpaired) electrons. The third-order valence-corrected chi connectivity index (χ3v) is 2.05. The van der Waals surface area contributed by atoms with Gasteiger partial charge in [-0.05, 0) is 13.0 Å². The van der Waals surface area contributed by atoms with E-state index >= 15 is 0 Å². The average molecular weight is 162 g/mol. The highest BCUT2D eigenvalue weighted by Gasteiger charge is 2.05. The minimum absolute atomic E-state index is 0.496. The highest BCUT2D eigenvalue weighted by atomic mass is 15.1.